The van der Waals surface area contributed by atoms with E-state index in [0.29, 0.717) is 0 Å². The molecule has 0 atom stereocenters. The van der Waals surface area contributed by atoms with Gasteiger partial charge >= 0.3 is 0 Å². The molecule has 1 heterocycles. The van der Waals surface area contributed by atoms with Gasteiger partial charge in [0.25, 0.3) is 0 Å². The van der Waals surface area contributed by atoms with Crippen LogP contribution in [-0.2, 0) is 13.1 Å². The van der Waals surface area contributed by atoms with E-state index in [9.17, 15) is 0 Å². The largest absolute Gasteiger partial charge is 0.497 e. The number of benzene rings is 1. The maximum Gasteiger partial charge on any atom is 0.118 e. The molecule has 0 saturated carbocycles. The molecule has 0 spiro atoms. The smallest absolute Gasteiger partial charge is 0.118 e. The number of rotatable bonds is 5. The van der Waals surface area contributed by atoms with E-state index in [4.69, 9.17) is 4.74 Å². The summed E-state index contributed by atoms with van der Waals surface area (Å²) in [5, 5.41) is 5.51. The molecule has 0 aliphatic rings. The Kier molecular flexibility index (Phi) is 3.97. The number of hydrogen-bond donors (Lipinski definition) is 1. The van der Waals surface area contributed by atoms with E-state index in [1.807, 2.05) is 12.1 Å². The van der Waals surface area contributed by atoms with Crippen LogP contribution in [0.5, 0.6) is 5.75 Å². The third-order valence-electron chi connectivity index (χ3n) is 2.37. The number of thiophene rings is 1. The molecular weight excluding hydrogens is 218 g/mol. The molecule has 0 aliphatic heterocycles. The first-order chi connectivity index (χ1) is 7.88. The highest BCUT2D eigenvalue weighted by Crippen LogP contribution is 2.12. The zero-order valence-corrected chi connectivity index (χ0v) is 10.1. The molecule has 0 aliphatic carbocycles. The van der Waals surface area contributed by atoms with Crippen LogP contribution in [-0.4, -0.2) is 7.11 Å². The zero-order valence-electron chi connectivity index (χ0n) is 9.27. The van der Waals surface area contributed by atoms with E-state index in [0.717, 1.165) is 18.8 Å². The first-order valence-electron chi connectivity index (χ1n) is 5.24. The summed E-state index contributed by atoms with van der Waals surface area (Å²) in [5.41, 5.74) is 1.28. The van der Waals surface area contributed by atoms with Crippen molar-refractivity contribution < 1.29 is 4.74 Å². The lowest BCUT2D eigenvalue weighted by molar-refractivity contribution is 0.414. The van der Waals surface area contributed by atoms with Crippen LogP contribution in [0.3, 0.4) is 0 Å². The minimum absolute atomic E-state index is 0.891. The summed E-state index contributed by atoms with van der Waals surface area (Å²) in [6.07, 6.45) is 0. The van der Waals surface area contributed by atoms with Gasteiger partial charge in [-0.25, -0.2) is 0 Å². The fraction of sp³-hybridized carbons (Fsp3) is 0.231. The molecular formula is C13H15NOS. The van der Waals surface area contributed by atoms with Crippen molar-refractivity contribution >= 4 is 11.3 Å². The lowest BCUT2D eigenvalue weighted by Gasteiger charge is -2.04. The van der Waals surface area contributed by atoms with Crippen LogP contribution < -0.4 is 10.1 Å². The van der Waals surface area contributed by atoms with Gasteiger partial charge in [-0.2, -0.15) is 0 Å². The minimum atomic E-state index is 0.891. The van der Waals surface area contributed by atoms with Crippen molar-refractivity contribution in [3.05, 3.63) is 52.2 Å². The van der Waals surface area contributed by atoms with E-state index in [-0.39, 0.29) is 0 Å². The predicted octanol–water partition coefficient (Wildman–Crippen LogP) is 3.05. The van der Waals surface area contributed by atoms with Gasteiger partial charge in [0.15, 0.2) is 0 Å². The Morgan fingerprint density at radius 3 is 2.56 bits per heavy atom. The third-order valence-corrected chi connectivity index (χ3v) is 3.24. The van der Waals surface area contributed by atoms with Gasteiger partial charge in [0.2, 0.25) is 0 Å². The lowest BCUT2D eigenvalue weighted by atomic mass is 10.2. The molecule has 0 saturated heterocycles. The van der Waals surface area contributed by atoms with Crippen LogP contribution in [0.15, 0.2) is 41.8 Å². The second-order valence-electron chi connectivity index (χ2n) is 3.53. The average molecular weight is 233 g/mol. The van der Waals surface area contributed by atoms with Crippen molar-refractivity contribution in [2.75, 3.05) is 7.11 Å². The predicted molar refractivity (Wildman–Crippen MR) is 67.9 cm³/mol. The Labute approximate surface area is 99.9 Å². The normalized spacial score (nSPS) is 10.3. The summed E-state index contributed by atoms with van der Waals surface area (Å²) in [6, 6.07) is 12.4. The van der Waals surface area contributed by atoms with Gasteiger partial charge in [-0.1, -0.05) is 18.2 Å². The number of ether oxygens (including phenoxy) is 1. The van der Waals surface area contributed by atoms with Crippen molar-refractivity contribution in [1.82, 2.24) is 5.32 Å². The van der Waals surface area contributed by atoms with Crippen molar-refractivity contribution in [1.29, 1.82) is 0 Å². The topological polar surface area (TPSA) is 21.3 Å². The van der Waals surface area contributed by atoms with Crippen LogP contribution in [0.25, 0.3) is 0 Å². The van der Waals surface area contributed by atoms with Crippen LogP contribution >= 0.6 is 11.3 Å². The second-order valence-corrected chi connectivity index (χ2v) is 4.56. The summed E-state index contributed by atoms with van der Waals surface area (Å²) in [4.78, 5) is 1.37. The molecule has 2 rings (SSSR count). The molecule has 16 heavy (non-hydrogen) atoms. The number of hydrogen-bond acceptors (Lipinski definition) is 3. The van der Waals surface area contributed by atoms with E-state index in [1.54, 1.807) is 18.4 Å². The molecule has 0 bridgehead atoms. The monoisotopic (exact) mass is 233 g/mol. The molecule has 0 fully saturated rings. The van der Waals surface area contributed by atoms with Crippen LogP contribution in [0.4, 0.5) is 0 Å². The van der Waals surface area contributed by atoms with E-state index < -0.39 is 0 Å². The van der Waals surface area contributed by atoms with Crippen molar-refractivity contribution in [2.24, 2.45) is 0 Å². The summed E-state index contributed by atoms with van der Waals surface area (Å²) in [5.74, 6) is 0.905. The Hall–Kier alpha value is -1.32. The van der Waals surface area contributed by atoms with Gasteiger partial charge in [0.05, 0.1) is 7.11 Å². The van der Waals surface area contributed by atoms with Gasteiger partial charge in [0.1, 0.15) is 5.75 Å². The maximum atomic E-state index is 5.11. The first kappa shape index (κ1) is 11.2. The quantitative estimate of drug-likeness (QED) is 0.857. The minimum Gasteiger partial charge on any atom is -0.497 e. The molecule has 0 amide bonds. The van der Waals surface area contributed by atoms with Gasteiger partial charge in [-0.05, 0) is 29.1 Å². The van der Waals surface area contributed by atoms with Gasteiger partial charge < -0.3 is 10.1 Å². The summed E-state index contributed by atoms with van der Waals surface area (Å²) < 4.78 is 5.11. The van der Waals surface area contributed by atoms with Crippen molar-refractivity contribution in [2.45, 2.75) is 13.1 Å². The summed E-state index contributed by atoms with van der Waals surface area (Å²) in [7, 11) is 1.68. The van der Waals surface area contributed by atoms with Gasteiger partial charge in [-0.15, -0.1) is 11.3 Å². The molecule has 2 nitrogen and oxygen atoms in total. The summed E-state index contributed by atoms with van der Waals surface area (Å²) in [6.45, 7) is 1.82. The van der Waals surface area contributed by atoms with Crippen LogP contribution in [0.1, 0.15) is 10.4 Å². The summed E-state index contributed by atoms with van der Waals surface area (Å²) >= 11 is 1.78. The molecule has 1 N–H and O–H groups in total. The molecule has 84 valence electrons. The average Bonchev–Trinajstić information content (AvgIpc) is 2.83. The molecule has 0 unspecified atom stereocenters. The molecule has 1 aromatic heterocycles. The first-order valence-corrected chi connectivity index (χ1v) is 6.12. The van der Waals surface area contributed by atoms with Gasteiger partial charge in [0, 0.05) is 18.0 Å². The fourth-order valence-electron chi connectivity index (χ4n) is 1.49. The van der Waals surface area contributed by atoms with Crippen LogP contribution in [0, 0.1) is 0 Å². The maximum absolute atomic E-state index is 5.11. The van der Waals surface area contributed by atoms with E-state index in [1.165, 1.54) is 10.4 Å². The Bertz CT molecular complexity index is 408. The molecule has 1 aromatic carbocycles. The van der Waals surface area contributed by atoms with Crippen molar-refractivity contribution in [3.63, 3.8) is 0 Å². The van der Waals surface area contributed by atoms with Crippen LogP contribution in [0.2, 0.25) is 0 Å². The van der Waals surface area contributed by atoms with Gasteiger partial charge in [-0.3, -0.25) is 0 Å². The Balaban J connectivity index is 1.81. The van der Waals surface area contributed by atoms with Crippen molar-refractivity contribution in [3.8, 4) is 5.75 Å². The highest BCUT2D eigenvalue weighted by molar-refractivity contribution is 7.09. The third kappa shape index (κ3) is 3.08. The SMILES string of the molecule is COc1ccc(CNCc2cccs2)cc1. The van der Waals surface area contributed by atoms with E-state index >= 15 is 0 Å². The highest BCUT2D eigenvalue weighted by atomic mass is 32.1. The number of nitrogens with one attached hydrogen (secondary N) is 1. The van der Waals surface area contributed by atoms with E-state index in [2.05, 4.69) is 35.0 Å². The Morgan fingerprint density at radius 1 is 1.12 bits per heavy atom. The fourth-order valence-corrected chi connectivity index (χ4v) is 2.16. The number of methoxy groups -OCH3 is 1. The molecule has 2 aromatic rings. The molecule has 0 radical (unpaired) electrons. The molecule has 3 heteroatoms. The standard InChI is InChI=1S/C13H15NOS/c1-15-12-6-4-11(5-7-12)9-14-10-13-3-2-8-16-13/h2-8,14H,9-10H2,1H3. The zero-order chi connectivity index (χ0) is 11.2. The highest BCUT2D eigenvalue weighted by Gasteiger charge is 1.95. The second kappa shape index (κ2) is 5.68. The Morgan fingerprint density at radius 2 is 1.94 bits per heavy atom. The lowest BCUT2D eigenvalue weighted by Crippen LogP contribution is -2.11.